The summed E-state index contributed by atoms with van der Waals surface area (Å²) in [6.45, 7) is 8.19. The summed E-state index contributed by atoms with van der Waals surface area (Å²) in [6.07, 6.45) is 2.43. The monoisotopic (exact) mass is 276 g/mol. The molecule has 0 rings (SSSR count). The molecule has 0 bridgehead atoms. The average molecular weight is 275 g/mol. The Bertz CT molecular complexity index is 155. The average Bonchev–Trinajstić information content (AvgIpc) is 2.05. The van der Waals surface area contributed by atoms with Gasteiger partial charge in [-0.3, -0.25) is 0 Å². The van der Waals surface area contributed by atoms with Crippen LogP contribution >= 0.6 is 0 Å². The molecule has 0 saturated heterocycles. The maximum absolute atomic E-state index is 11.1. The van der Waals surface area contributed by atoms with Crippen LogP contribution < -0.4 is 0 Å². The standard InChI is InChI=1S/C5H7O2.C4H9.Sn/c1-3-5(6)7-4-2;1-3-4-2;/h1,4H2,2H3;1,3-4H2,2H3;. The summed E-state index contributed by atoms with van der Waals surface area (Å²) in [5, 5.41) is 0. The van der Waals surface area contributed by atoms with E-state index in [0.29, 0.717) is 6.61 Å². The van der Waals surface area contributed by atoms with Crippen molar-refractivity contribution in [2.24, 2.45) is 0 Å². The van der Waals surface area contributed by atoms with Crippen molar-refractivity contribution in [2.75, 3.05) is 6.61 Å². The number of hydrogen-bond donors (Lipinski definition) is 0. The SMILES string of the molecule is C=[C]([Sn][CH2]CCC)C(=O)OCC. The Morgan fingerprint density at radius 3 is 2.67 bits per heavy atom. The predicted octanol–water partition coefficient (Wildman–Crippen LogP) is 1.99. The molecule has 0 saturated carbocycles. The summed E-state index contributed by atoms with van der Waals surface area (Å²) in [5.74, 6) is -0.166. The predicted molar refractivity (Wildman–Crippen MR) is 51.2 cm³/mol. The molecule has 0 aromatic carbocycles. The summed E-state index contributed by atoms with van der Waals surface area (Å²) in [7, 11) is 0. The van der Waals surface area contributed by atoms with Crippen molar-refractivity contribution in [3.8, 4) is 0 Å². The first-order valence-corrected chi connectivity index (χ1v) is 7.76. The molecule has 0 atom stereocenters. The normalized spacial score (nSPS) is 9.50. The van der Waals surface area contributed by atoms with Crippen molar-refractivity contribution in [2.45, 2.75) is 31.1 Å². The molecular formula is C9H16O2Sn. The minimum atomic E-state index is -0.677. The third-order valence-electron chi connectivity index (χ3n) is 1.39. The fourth-order valence-electron chi connectivity index (χ4n) is 0.706. The van der Waals surface area contributed by atoms with Gasteiger partial charge in [0.1, 0.15) is 0 Å². The fraction of sp³-hybridized carbons (Fsp3) is 0.667. The first-order valence-electron chi connectivity index (χ1n) is 4.32. The molecule has 12 heavy (non-hydrogen) atoms. The molecule has 0 fully saturated rings. The number of carbonyl (C=O) groups excluding carboxylic acids is 1. The third kappa shape index (κ3) is 5.63. The van der Waals surface area contributed by atoms with Crippen molar-refractivity contribution in [3.05, 3.63) is 10.2 Å². The van der Waals surface area contributed by atoms with E-state index in [9.17, 15) is 4.79 Å². The van der Waals surface area contributed by atoms with Gasteiger partial charge in [0.15, 0.2) is 0 Å². The van der Waals surface area contributed by atoms with Gasteiger partial charge in [-0.05, 0) is 0 Å². The van der Waals surface area contributed by atoms with Crippen LogP contribution in [0.2, 0.25) is 4.44 Å². The number of esters is 1. The van der Waals surface area contributed by atoms with Crippen molar-refractivity contribution in [1.82, 2.24) is 0 Å². The first kappa shape index (κ1) is 12.0. The molecular weight excluding hydrogens is 259 g/mol. The van der Waals surface area contributed by atoms with Crippen LogP contribution in [0.1, 0.15) is 26.7 Å². The molecule has 0 aromatic rings. The second kappa shape index (κ2) is 7.65. The molecule has 0 heterocycles. The summed E-state index contributed by atoms with van der Waals surface area (Å²) in [4.78, 5) is 11.1. The van der Waals surface area contributed by atoms with E-state index in [-0.39, 0.29) is 5.97 Å². The second-order valence-corrected chi connectivity index (χ2v) is 6.64. The summed E-state index contributed by atoms with van der Waals surface area (Å²) in [6, 6.07) is 0. The molecule has 0 amide bonds. The zero-order valence-corrected chi connectivity index (χ0v) is 10.7. The van der Waals surface area contributed by atoms with Crippen molar-refractivity contribution >= 4 is 27.1 Å². The van der Waals surface area contributed by atoms with Crippen LogP contribution in [-0.2, 0) is 9.53 Å². The quantitative estimate of drug-likeness (QED) is 0.320. The second-order valence-electron chi connectivity index (χ2n) is 2.48. The van der Waals surface area contributed by atoms with Crippen LogP contribution in [0.25, 0.3) is 0 Å². The zero-order chi connectivity index (χ0) is 9.40. The Morgan fingerprint density at radius 2 is 2.17 bits per heavy atom. The van der Waals surface area contributed by atoms with E-state index < -0.39 is 21.1 Å². The molecule has 0 spiro atoms. The van der Waals surface area contributed by atoms with E-state index in [2.05, 4.69) is 13.5 Å². The van der Waals surface area contributed by atoms with Crippen LogP contribution in [0.4, 0.5) is 0 Å². The van der Waals surface area contributed by atoms with Crippen molar-refractivity contribution < 1.29 is 9.53 Å². The Labute approximate surface area is 84.6 Å². The van der Waals surface area contributed by atoms with E-state index in [0.717, 1.165) is 3.59 Å². The molecule has 2 nitrogen and oxygen atoms in total. The number of hydrogen-bond acceptors (Lipinski definition) is 2. The topological polar surface area (TPSA) is 26.3 Å². The molecule has 3 heteroatoms. The maximum atomic E-state index is 11.1. The van der Waals surface area contributed by atoms with Crippen molar-refractivity contribution in [3.63, 3.8) is 0 Å². The van der Waals surface area contributed by atoms with Gasteiger partial charge < -0.3 is 0 Å². The van der Waals surface area contributed by atoms with E-state index in [1.165, 1.54) is 17.3 Å². The molecule has 0 unspecified atom stereocenters. The number of ether oxygens (including phenoxy) is 1. The van der Waals surface area contributed by atoms with Gasteiger partial charge >= 0.3 is 84.5 Å². The van der Waals surface area contributed by atoms with Gasteiger partial charge in [0.05, 0.1) is 0 Å². The van der Waals surface area contributed by atoms with E-state index in [1.54, 1.807) is 0 Å². The first-order chi connectivity index (χ1) is 5.72. The van der Waals surface area contributed by atoms with Gasteiger partial charge in [0.25, 0.3) is 0 Å². The number of rotatable bonds is 6. The Balaban J connectivity index is 3.50. The molecule has 0 N–H and O–H groups in total. The van der Waals surface area contributed by atoms with E-state index in [1.807, 2.05) is 6.92 Å². The Kier molecular flexibility index (Phi) is 7.65. The van der Waals surface area contributed by atoms with Crippen LogP contribution in [0.15, 0.2) is 10.2 Å². The van der Waals surface area contributed by atoms with Gasteiger partial charge in [-0.15, -0.1) is 0 Å². The number of carbonyl (C=O) groups is 1. The molecule has 0 aliphatic heterocycles. The third-order valence-corrected chi connectivity index (χ3v) is 4.91. The molecule has 0 aromatic heterocycles. The van der Waals surface area contributed by atoms with Crippen LogP contribution in [-0.4, -0.2) is 33.7 Å². The van der Waals surface area contributed by atoms with Gasteiger partial charge in [0, 0.05) is 0 Å². The molecule has 0 aliphatic rings. The Hall–Kier alpha value is 0.00870. The van der Waals surface area contributed by atoms with E-state index >= 15 is 0 Å². The summed E-state index contributed by atoms with van der Waals surface area (Å²) < 4.78 is 6.82. The summed E-state index contributed by atoms with van der Waals surface area (Å²) in [5.41, 5.74) is 0. The number of unbranched alkanes of at least 4 members (excludes halogenated alkanes) is 1. The minimum absolute atomic E-state index is 0.166. The zero-order valence-electron chi connectivity index (χ0n) is 7.85. The molecule has 2 radical (unpaired) electrons. The van der Waals surface area contributed by atoms with Crippen LogP contribution in [0.3, 0.4) is 0 Å². The Morgan fingerprint density at radius 1 is 1.50 bits per heavy atom. The van der Waals surface area contributed by atoms with Crippen LogP contribution in [0, 0.1) is 0 Å². The fourth-order valence-corrected chi connectivity index (χ4v) is 3.70. The molecule has 68 valence electrons. The van der Waals surface area contributed by atoms with E-state index in [4.69, 9.17) is 4.74 Å². The van der Waals surface area contributed by atoms with Crippen LogP contribution in [0.5, 0.6) is 0 Å². The van der Waals surface area contributed by atoms with Crippen molar-refractivity contribution in [1.29, 1.82) is 0 Å². The van der Waals surface area contributed by atoms with Gasteiger partial charge in [0.2, 0.25) is 0 Å². The molecule has 0 aliphatic carbocycles. The van der Waals surface area contributed by atoms with Gasteiger partial charge in [-0.25, -0.2) is 0 Å². The summed E-state index contributed by atoms with van der Waals surface area (Å²) >= 11 is -0.677. The van der Waals surface area contributed by atoms with Gasteiger partial charge in [-0.1, -0.05) is 0 Å². The van der Waals surface area contributed by atoms with Gasteiger partial charge in [-0.2, -0.15) is 0 Å².